The third-order valence-corrected chi connectivity index (χ3v) is 1.40. The molecule has 0 heterocycles. The van der Waals surface area contributed by atoms with Crippen molar-refractivity contribution in [1.29, 1.82) is 0 Å². The Labute approximate surface area is 80.5 Å². The normalized spacial score (nSPS) is 11.2. The Morgan fingerprint density at radius 1 is 1.23 bits per heavy atom. The molecule has 0 aromatic carbocycles. The lowest BCUT2D eigenvalue weighted by Gasteiger charge is -2.26. The molecule has 13 heavy (non-hydrogen) atoms. The Kier molecular flexibility index (Phi) is 4.20. The molecule has 0 saturated carbocycles. The molecule has 0 aliphatic carbocycles. The van der Waals surface area contributed by atoms with Crippen molar-refractivity contribution < 1.29 is 9.53 Å². The van der Waals surface area contributed by atoms with Gasteiger partial charge in [-0.2, -0.15) is 0 Å². The molecule has 4 heteroatoms. The van der Waals surface area contributed by atoms with Crippen LogP contribution in [0.2, 0.25) is 0 Å². The van der Waals surface area contributed by atoms with Gasteiger partial charge in [-0.25, -0.2) is 4.79 Å². The van der Waals surface area contributed by atoms with Crippen LogP contribution in [-0.4, -0.2) is 49.3 Å². The van der Waals surface area contributed by atoms with Crippen molar-refractivity contribution in [3.8, 4) is 0 Å². The quantitative estimate of drug-likeness (QED) is 0.613. The first-order chi connectivity index (χ1) is 5.74. The molecule has 0 saturated heterocycles. The molecule has 0 aromatic rings. The van der Waals surface area contributed by atoms with Crippen molar-refractivity contribution >= 4 is 6.03 Å². The number of carbonyl (C=O) groups is 1. The van der Waals surface area contributed by atoms with Crippen LogP contribution in [0.3, 0.4) is 0 Å². The Morgan fingerprint density at radius 3 is 2.00 bits per heavy atom. The number of carbonyl (C=O) groups excluding carboxylic acids is 1. The summed E-state index contributed by atoms with van der Waals surface area (Å²) in [5.74, 6) is 0. The standard InChI is InChI=1S/C9H20N2O2/c1-9(2,3)13-7-11(6)8(12)10(4)5/h7H2,1-6H3. The minimum Gasteiger partial charge on any atom is -0.355 e. The molecule has 0 radical (unpaired) electrons. The van der Waals surface area contributed by atoms with Crippen LogP contribution >= 0.6 is 0 Å². The summed E-state index contributed by atoms with van der Waals surface area (Å²) >= 11 is 0. The Bertz CT molecular complexity index is 173. The second-order valence-electron chi connectivity index (χ2n) is 4.26. The summed E-state index contributed by atoms with van der Waals surface area (Å²) in [6, 6.07) is -0.0516. The van der Waals surface area contributed by atoms with Gasteiger partial charge in [0, 0.05) is 21.1 Å². The summed E-state index contributed by atoms with van der Waals surface area (Å²) in [5.41, 5.74) is -0.207. The molecule has 2 amide bonds. The molecule has 4 nitrogen and oxygen atoms in total. The van der Waals surface area contributed by atoms with Gasteiger partial charge in [-0.05, 0) is 20.8 Å². The van der Waals surface area contributed by atoms with Crippen LogP contribution in [0, 0.1) is 0 Å². The van der Waals surface area contributed by atoms with E-state index in [4.69, 9.17) is 4.74 Å². The van der Waals surface area contributed by atoms with Crippen LogP contribution in [0.25, 0.3) is 0 Å². The molecule has 0 aliphatic heterocycles. The van der Waals surface area contributed by atoms with Gasteiger partial charge in [0.2, 0.25) is 0 Å². The second-order valence-corrected chi connectivity index (χ2v) is 4.26. The van der Waals surface area contributed by atoms with Gasteiger partial charge in [0.05, 0.1) is 5.60 Å². The fourth-order valence-corrected chi connectivity index (χ4v) is 0.687. The van der Waals surface area contributed by atoms with Crippen LogP contribution in [0.1, 0.15) is 20.8 Å². The van der Waals surface area contributed by atoms with Gasteiger partial charge in [0.15, 0.2) is 0 Å². The van der Waals surface area contributed by atoms with E-state index < -0.39 is 0 Å². The Hall–Kier alpha value is -0.770. The average molecular weight is 188 g/mol. The number of hydrogen-bond donors (Lipinski definition) is 0. The summed E-state index contributed by atoms with van der Waals surface area (Å²) in [6.07, 6.45) is 0. The number of hydrogen-bond acceptors (Lipinski definition) is 2. The van der Waals surface area contributed by atoms with E-state index >= 15 is 0 Å². The maximum Gasteiger partial charge on any atom is 0.321 e. The first-order valence-corrected chi connectivity index (χ1v) is 4.30. The fourth-order valence-electron chi connectivity index (χ4n) is 0.687. The van der Waals surface area contributed by atoms with Crippen LogP contribution < -0.4 is 0 Å². The zero-order valence-corrected chi connectivity index (χ0v) is 9.42. The molecule has 0 aromatic heterocycles. The average Bonchev–Trinajstić information content (AvgIpc) is 1.97. The lowest BCUT2D eigenvalue weighted by Crippen LogP contribution is -2.39. The van der Waals surface area contributed by atoms with Crippen molar-refractivity contribution in [3.63, 3.8) is 0 Å². The van der Waals surface area contributed by atoms with Crippen LogP contribution in [0.15, 0.2) is 0 Å². The van der Waals surface area contributed by atoms with Crippen molar-refractivity contribution in [2.75, 3.05) is 27.9 Å². The lowest BCUT2D eigenvalue weighted by molar-refractivity contribution is -0.0460. The zero-order valence-electron chi connectivity index (χ0n) is 9.42. The molecular formula is C9H20N2O2. The van der Waals surface area contributed by atoms with Gasteiger partial charge in [0.25, 0.3) is 0 Å². The zero-order chi connectivity index (χ0) is 10.6. The van der Waals surface area contributed by atoms with Gasteiger partial charge < -0.3 is 14.5 Å². The summed E-state index contributed by atoms with van der Waals surface area (Å²) < 4.78 is 5.44. The predicted molar refractivity (Wildman–Crippen MR) is 52.6 cm³/mol. The van der Waals surface area contributed by atoms with Crippen LogP contribution in [-0.2, 0) is 4.74 Å². The van der Waals surface area contributed by atoms with E-state index in [0.29, 0.717) is 6.73 Å². The van der Waals surface area contributed by atoms with Gasteiger partial charge in [-0.1, -0.05) is 0 Å². The molecule has 0 aliphatic rings. The Balaban J connectivity index is 3.88. The summed E-state index contributed by atoms with van der Waals surface area (Å²) in [6.45, 7) is 6.20. The topological polar surface area (TPSA) is 32.8 Å². The molecular weight excluding hydrogens is 168 g/mol. The van der Waals surface area contributed by atoms with E-state index in [2.05, 4.69) is 0 Å². The van der Waals surface area contributed by atoms with Crippen molar-refractivity contribution in [2.24, 2.45) is 0 Å². The van der Waals surface area contributed by atoms with Gasteiger partial charge >= 0.3 is 6.03 Å². The summed E-state index contributed by atoms with van der Waals surface area (Å²) in [4.78, 5) is 14.4. The first kappa shape index (κ1) is 12.2. The van der Waals surface area contributed by atoms with E-state index in [1.54, 1.807) is 21.1 Å². The van der Waals surface area contributed by atoms with Crippen molar-refractivity contribution in [2.45, 2.75) is 26.4 Å². The summed E-state index contributed by atoms with van der Waals surface area (Å²) in [5, 5.41) is 0. The molecule has 0 bridgehead atoms. The van der Waals surface area contributed by atoms with Gasteiger partial charge in [-0.3, -0.25) is 0 Å². The largest absolute Gasteiger partial charge is 0.355 e. The van der Waals surface area contributed by atoms with E-state index in [1.807, 2.05) is 20.8 Å². The highest BCUT2D eigenvalue weighted by atomic mass is 16.5. The van der Waals surface area contributed by atoms with E-state index in [0.717, 1.165) is 0 Å². The Morgan fingerprint density at radius 2 is 1.69 bits per heavy atom. The number of urea groups is 1. The molecule has 0 atom stereocenters. The predicted octanol–water partition coefficient (Wildman–Crippen LogP) is 1.37. The van der Waals surface area contributed by atoms with Gasteiger partial charge in [0.1, 0.15) is 6.73 Å². The van der Waals surface area contributed by atoms with Crippen LogP contribution in [0.5, 0.6) is 0 Å². The number of amides is 2. The van der Waals surface area contributed by atoms with E-state index in [1.165, 1.54) is 9.80 Å². The number of nitrogens with zero attached hydrogens (tertiary/aromatic N) is 2. The molecule has 0 N–H and O–H groups in total. The molecule has 0 fully saturated rings. The highest BCUT2D eigenvalue weighted by Gasteiger charge is 2.15. The third kappa shape index (κ3) is 5.47. The number of ether oxygens (including phenoxy) is 1. The molecule has 0 spiro atoms. The number of rotatable bonds is 2. The summed E-state index contributed by atoms with van der Waals surface area (Å²) in [7, 11) is 5.15. The molecule has 0 unspecified atom stereocenters. The van der Waals surface area contributed by atoms with Crippen molar-refractivity contribution in [3.05, 3.63) is 0 Å². The first-order valence-electron chi connectivity index (χ1n) is 4.30. The van der Waals surface area contributed by atoms with E-state index in [-0.39, 0.29) is 11.6 Å². The van der Waals surface area contributed by atoms with Gasteiger partial charge in [-0.15, -0.1) is 0 Å². The highest BCUT2D eigenvalue weighted by Crippen LogP contribution is 2.07. The monoisotopic (exact) mass is 188 g/mol. The smallest absolute Gasteiger partial charge is 0.321 e. The van der Waals surface area contributed by atoms with E-state index in [9.17, 15) is 4.79 Å². The van der Waals surface area contributed by atoms with Crippen LogP contribution in [0.4, 0.5) is 4.79 Å². The lowest BCUT2D eigenvalue weighted by atomic mass is 10.2. The third-order valence-electron chi connectivity index (χ3n) is 1.40. The maximum absolute atomic E-state index is 11.3. The fraction of sp³-hybridized carbons (Fsp3) is 0.889. The highest BCUT2D eigenvalue weighted by molar-refractivity contribution is 5.73. The minimum atomic E-state index is -0.207. The SMILES string of the molecule is CN(C)C(=O)N(C)COC(C)(C)C. The maximum atomic E-state index is 11.3. The second kappa shape index (κ2) is 4.46. The molecule has 78 valence electrons. The minimum absolute atomic E-state index is 0.0516. The van der Waals surface area contributed by atoms with Crippen molar-refractivity contribution in [1.82, 2.24) is 9.80 Å². The molecule has 0 rings (SSSR count).